The molecular formula is C12H18ClNO3. The maximum absolute atomic E-state index is 11.0. The van der Waals surface area contributed by atoms with Crippen LogP contribution >= 0.6 is 12.4 Å². The Morgan fingerprint density at radius 3 is 2.35 bits per heavy atom. The number of carbonyl (C=O) groups excluding carboxylic acids is 1. The van der Waals surface area contributed by atoms with E-state index in [1.54, 1.807) is 6.92 Å². The van der Waals surface area contributed by atoms with Crippen LogP contribution in [0.3, 0.4) is 0 Å². The van der Waals surface area contributed by atoms with Crippen molar-refractivity contribution in [3.8, 4) is 0 Å². The van der Waals surface area contributed by atoms with Gasteiger partial charge in [-0.1, -0.05) is 24.3 Å². The van der Waals surface area contributed by atoms with Crippen molar-refractivity contribution >= 4 is 18.4 Å². The molecule has 96 valence electrons. The van der Waals surface area contributed by atoms with Crippen molar-refractivity contribution in [2.45, 2.75) is 18.9 Å². The lowest BCUT2D eigenvalue weighted by Crippen LogP contribution is -2.36. The van der Waals surface area contributed by atoms with Crippen LogP contribution in [0.1, 0.15) is 18.1 Å². The van der Waals surface area contributed by atoms with Gasteiger partial charge in [-0.25, -0.2) is 0 Å². The number of esters is 1. The molecule has 4 nitrogen and oxygen atoms in total. The fourth-order valence-corrected chi connectivity index (χ4v) is 1.33. The van der Waals surface area contributed by atoms with E-state index in [1.807, 2.05) is 24.3 Å². The number of halogens is 1. The maximum atomic E-state index is 11.0. The summed E-state index contributed by atoms with van der Waals surface area (Å²) in [4.78, 5) is 11.0. The topological polar surface area (TPSA) is 72.5 Å². The Bertz CT molecular complexity index is 363. The van der Waals surface area contributed by atoms with Gasteiger partial charge in [-0.3, -0.25) is 4.79 Å². The molecule has 1 aromatic carbocycles. The summed E-state index contributed by atoms with van der Waals surface area (Å²) in [5.74, 6) is -0.273. The molecule has 17 heavy (non-hydrogen) atoms. The normalized spacial score (nSPS) is 13.4. The zero-order valence-corrected chi connectivity index (χ0v) is 10.8. The van der Waals surface area contributed by atoms with Crippen LogP contribution in [0.5, 0.6) is 0 Å². The summed E-state index contributed by atoms with van der Waals surface area (Å²) in [5, 5.41) is 9.10. The highest BCUT2D eigenvalue weighted by atomic mass is 35.5. The van der Waals surface area contributed by atoms with E-state index in [4.69, 9.17) is 10.8 Å². The Morgan fingerprint density at radius 1 is 1.41 bits per heavy atom. The van der Waals surface area contributed by atoms with Gasteiger partial charge in [-0.2, -0.15) is 0 Å². The maximum Gasteiger partial charge on any atom is 0.309 e. The molecule has 0 fully saturated rings. The summed E-state index contributed by atoms with van der Waals surface area (Å²) in [6, 6.07) is 7.25. The van der Waals surface area contributed by atoms with Crippen molar-refractivity contribution in [3.05, 3.63) is 35.4 Å². The van der Waals surface area contributed by atoms with E-state index in [2.05, 4.69) is 4.74 Å². The van der Waals surface area contributed by atoms with Gasteiger partial charge < -0.3 is 15.6 Å². The van der Waals surface area contributed by atoms with Crippen LogP contribution in [0.25, 0.3) is 0 Å². The molecule has 5 heteroatoms. The molecule has 0 aromatic heterocycles. The SMILES string of the molecule is COC(=O)Cc1ccc([C@](C)(N)CO)cc1.Cl. The zero-order chi connectivity index (χ0) is 12.2. The molecule has 0 saturated carbocycles. The predicted octanol–water partition coefficient (Wildman–Crippen LogP) is 0.990. The van der Waals surface area contributed by atoms with E-state index >= 15 is 0 Å². The van der Waals surface area contributed by atoms with Gasteiger partial charge in [0, 0.05) is 0 Å². The van der Waals surface area contributed by atoms with E-state index in [9.17, 15) is 4.79 Å². The number of hydrogen-bond donors (Lipinski definition) is 2. The van der Waals surface area contributed by atoms with Crippen molar-refractivity contribution in [3.63, 3.8) is 0 Å². The molecule has 0 amide bonds. The Balaban J connectivity index is 0.00000256. The molecule has 0 bridgehead atoms. The quantitative estimate of drug-likeness (QED) is 0.791. The number of methoxy groups -OCH3 is 1. The van der Waals surface area contributed by atoms with Crippen LogP contribution < -0.4 is 5.73 Å². The summed E-state index contributed by atoms with van der Waals surface area (Å²) >= 11 is 0. The number of hydrogen-bond acceptors (Lipinski definition) is 4. The molecule has 0 aliphatic rings. The van der Waals surface area contributed by atoms with Gasteiger partial charge in [0.25, 0.3) is 0 Å². The third kappa shape index (κ3) is 4.34. The van der Waals surface area contributed by atoms with Gasteiger partial charge in [0.2, 0.25) is 0 Å². The third-order valence-electron chi connectivity index (χ3n) is 2.52. The number of benzene rings is 1. The van der Waals surface area contributed by atoms with Gasteiger partial charge in [0.1, 0.15) is 0 Å². The Kier molecular flexibility index (Phi) is 6.16. The van der Waals surface area contributed by atoms with E-state index < -0.39 is 5.54 Å². The molecular weight excluding hydrogens is 242 g/mol. The second-order valence-corrected chi connectivity index (χ2v) is 4.03. The van der Waals surface area contributed by atoms with Crippen LogP contribution in [0.15, 0.2) is 24.3 Å². The average Bonchev–Trinajstić information content (AvgIpc) is 2.29. The second kappa shape index (κ2) is 6.59. The summed E-state index contributed by atoms with van der Waals surface area (Å²) in [5.41, 5.74) is 6.83. The lowest BCUT2D eigenvalue weighted by atomic mass is 9.93. The molecule has 1 atom stereocenters. The molecule has 1 rings (SSSR count). The van der Waals surface area contributed by atoms with Crippen LogP contribution in [0.4, 0.5) is 0 Å². The van der Waals surface area contributed by atoms with Gasteiger partial charge >= 0.3 is 5.97 Å². The molecule has 0 aliphatic carbocycles. The summed E-state index contributed by atoms with van der Waals surface area (Å²) < 4.78 is 4.57. The molecule has 0 heterocycles. The van der Waals surface area contributed by atoms with Gasteiger partial charge in [-0.05, 0) is 18.1 Å². The first kappa shape index (κ1) is 15.9. The molecule has 0 radical (unpaired) electrons. The van der Waals surface area contributed by atoms with Crippen LogP contribution in [0.2, 0.25) is 0 Å². The Hall–Kier alpha value is -1.10. The number of carbonyl (C=O) groups is 1. The Morgan fingerprint density at radius 2 is 1.94 bits per heavy atom. The number of rotatable bonds is 4. The molecule has 0 spiro atoms. The van der Waals surface area contributed by atoms with Crippen molar-refractivity contribution in [1.82, 2.24) is 0 Å². The van der Waals surface area contributed by atoms with Crippen LogP contribution in [0, 0.1) is 0 Å². The first-order chi connectivity index (χ1) is 7.49. The van der Waals surface area contributed by atoms with E-state index in [0.29, 0.717) is 0 Å². The standard InChI is InChI=1S/C12H17NO3.ClH/c1-12(13,8-14)10-5-3-9(4-6-10)7-11(15)16-2;/h3-6,14H,7-8,13H2,1-2H3;1H/t12-;/m1./s1. The lowest BCUT2D eigenvalue weighted by Gasteiger charge is -2.22. The van der Waals surface area contributed by atoms with E-state index in [0.717, 1.165) is 11.1 Å². The minimum Gasteiger partial charge on any atom is -0.469 e. The van der Waals surface area contributed by atoms with Crippen LogP contribution in [-0.2, 0) is 21.5 Å². The van der Waals surface area contributed by atoms with Crippen molar-refractivity contribution < 1.29 is 14.6 Å². The highest BCUT2D eigenvalue weighted by Gasteiger charge is 2.19. The number of aliphatic hydroxyl groups excluding tert-OH is 1. The zero-order valence-electron chi connectivity index (χ0n) is 9.97. The van der Waals surface area contributed by atoms with Gasteiger partial charge in [0.15, 0.2) is 0 Å². The van der Waals surface area contributed by atoms with Crippen molar-refractivity contribution in [2.24, 2.45) is 5.73 Å². The Labute approximate surface area is 107 Å². The van der Waals surface area contributed by atoms with E-state index in [-0.39, 0.29) is 31.4 Å². The number of nitrogens with two attached hydrogens (primary N) is 1. The molecule has 1 aromatic rings. The molecule has 0 saturated heterocycles. The molecule has 3 N–H and O–H groups in total. The summed E-state index contributed by atoms with van der Waals surface area (Å²) in [7, 11) is 1.36. The summed E-state index contributed by atoms with van der Waals surface area (Å²) in [6.45, 7) is 1.63. The first-order valence-corrected chi connectivity index (χ1v) is 5.05. The molecule has 0 aliphatic heterocycles. The van der Waals surface area contributed by atoms with Gasteiger partial charge in [0.05, 0.1) is 25.7 Å². The second-order valence-electron chi connectivity index (χ2n) is 4.03. The van der Waals surface area contributed by atoms with Crippen LogP contribution in [-0.4, -0.2) is 24.8 Å². The first-order valence-electron chi connectivity index (χ1n) is 5.05. The largest absolute Gasteiger partial charge is 0.469 e. The third-order valence-corrected chi connectivity index (χ3v) is 2.52. The minimum absolute atomic E-state index is 0. The average molecular weight is 260 g/mol. The lowest BCUT2D eigenvalue weighted by molar-refractivity contribution is -0.139. The predicted molar refractivity (Wildman–Crippen MR) is 68.0 cm³/mol. The van der Waals surface area contributed by atoms with Gasteiger partial charge in [-0.15, -0.1) is 12.4 Å². The van der Waals surface area contributed by atoms with Crippen molar-refractivity contribution in [1.29, 1.82) is 0 Å². The number of aliphatic hydroxyl groups is 1. The summed E-state index contributed by atoms with van der Waals surface area (Å²) in [6.07, 6.45) is 0.247. The fourth-order valence-electron chi connectivity index (χ4n) is 1.33. The fraction of sp³-hybridized carbons (Fsp3) is 0.417. The highest BCUT2D eigenvalue weighted by Crippen LogP contribution is 2.17. The highest BCUT2D eigenvalue weighted by molar-refractivity contribution is 5.85. The minimum atomic E-state index is -0.746. The van der Waals surface area contributed by atoms with Crippen molar-refractivity contribution in [2.75, 3.05) is 13.7 Å². The smallest absolute Gasteiger partial charge is 0.309 e. The monoisotopic (exact) mass is 259 g/mol. The number of ether oxygens (including phenoxy) is 1. The van der Waals surface area contributed by atoms with E-state index in [1.165, 1.54) is 7.11 Å². The molecule has 0 unspecified atom stereocenters.